The molecule has 0 N–H and O–H groups in total. The summed E-state index contributed by atoms with van der Waals surface area (Å²) in [5.74, 6) is 0.493. The number of carbonyl (C=O) groups is 1. The van der Waals surface area contributed by atoms with Gasteiger partial charge in [-0.25, -0.2) is 0 Å². The molecule has 0 radical (unpaired) electrons. The van der Waals surface area contributed by atoms with Crippen molar-refractivity contribution < 1.29 is 9.32 Å². The normalized spacial score (nSPS) is 10.0. The molecule has 12 heavy (non-hydrogen) atoms. The second kappa shape index (κ2) is 2.86. The zero-order valence-electron chi connectivity index (χ0n) is 5.93. The molecular formula is C7H4N2O2S. The van der Waals surface area contributed by atoms with E-state index in [-0.39, 0.29) is 0 Å². The van der Waals surface area contributed by atoms with E-state index >= 15 is 0 Å². The molecule has 0 saturated heterocycles. The third kappa shape index (κ3) is 1.04. The first-order valence-corrected chi connectivity index (χ1v) is 4.08. The predicted molar refractivity (Wildman–Crippen MR) is 43.0 cm³/mol. The molecule has 4 nitrogen and oxygen atoms in total. The molecule has 2 rings (SSSR count). The van der Waals surface area contributed by atoms with Crippen LogP contribution in [0.15, 0.2) is 22.4 Å². The van der Waals surface area contributed by atoms with Gasteiger partial charge in [0.1, 0.15) is 0 Å². The summed E-state index contributed by atoms with van der Waals surface area (Å²) >= 11 is 1.41. The van der Waals surface area contributed by atoms with Gasteiger partial charge in [-0.3, -0.25) is 9.78 Å². The molecule has 0 amide bonds. The fraction of sp³-hybridized carbons (Fsp3) is 0. The Bertz CT molecular complexity index is 380. The van der Waals surface area contributed by atoms with Crippen LogP contribution >= 0.6 is 11.3 Å². The predicted octanol–water partition coefficient (Wildman–Crippen LogP) is 1.61. The highest BCUT2D eigenvalue weighted by Gasteiger charge is 2.10. The van der Waals surface area contributed by atoms with Crippen molar-refractivity contribution in [2.45, 2.75) is 0 Å². The Labute approximate surface area is 71.8 Å². The lowest BCUT2D eigenvalue weighted by molar-refractivity contribution is 0.112. The summed E-state index contributed by atoms with van der Waals surface area (Å²) in [6, 6.07) is 0. The van der Waals surface area contributed by atoms with Gasteiger partial charge in [-0.15, -0.1) is 11.3 Å². The third-order valence-electron chi connectivity index (χ3n) is 1.38. The van der Waals surface area contributed by atoms with Crippen LogP contribution in [0, 0.1) is 0 Å². The van der Waals surface area contributed by atoms with Crippen molar-refractivity contribution >= 4 is 17.6 Å². The Balaban J connectivity index is 2.53. The average molecular weight is 180 g/mol. The molecule has 60 valence electrons. The fourth-order valence-corrected chi connectivity index (χ4v) is 1.47. The van der Waals surface area contributed by atoms with E-state index in [4.69, 9.17) is 4.52 Å². The van der Waals surface area contributed by atoms with Crippen molar-refractivity contribution in [2.24, 2.45) is 0 Å². The van der Waals surface area contributed by atoms with Gasteiger partial charge in [-0.2, -0.15) is 0 Å². The van der Waals surface area contributed by atoms with Crippen LogP contribution in [0.4, 0.5) is 0 Å². The first-order chi connectivity index (χ1) is 5.92. The summed E-state index contributed by atoms with van der Waals surface area (Å²) in [7, 11) is 0. The molecule has 0 unspecified atom stereocenters. The minimum absolute atomic E-state index is 0.458. The molecule has 0 aliphatic rings. The monoisotopic (exact) mass is 180 g/mol. The molecule has 5 heteroatoms. The van der Waals surface area contributed by atoms with Gasteiger partial charge in [0.15, 0.2) is 12.0 Å². The molecule has 0 spiro atoms. The number of aromatic nitrogens is 2. The largest absolute Gasteiger partial charge is 0.355 e. The van der Waals surface area contributed by atoms with Crippen LogP contribution < -0.4 is 0 Å². The number of hydrogen-bond donors (Lipinski definition) is 0. The summed E-state index contributed by atoms with van der Waals surface area (Å²) in [6.45, 7) is 0. The van der Waals surface area contributed by atoms with Gasteiger partial charge < -0.3 is 4.52 Å². The zero-order valence-corrected chi connectivity index (χ0v) is 6.75. The standard InChI is InChI=1S/C7H4N2O2S/c10-3-5-1-9-11-7(5)6-2-8-4-12-6/h1-4H. The third-order valence-corrected chi connectivity index (χ3v) is 2.15. The van der Waals surface area contributed by atoms with Gasteiger partial charge in [-0.1, -0.05) is 5.16 Å². The van der Waals surface area contributed by atoms with E-state index in [0.29, 0.717) is 17.6 Å². The van der Waals surface area contributed by atoms with Gasteiger partial charge in [0.05, 0.1) is 22.1 Å². The number of thiazole rings is 1. The van der Waals surface area contributed by atoms with E-state index < -0.39 is 0 Å². The zero-order chi connectivity index (χ0) is 8.39. The van der Waals surface area contributed by atoms with Crippen molar-refractivity contribution in [3.63, 3.8) is 0 Å². The molecule has 0 aromatic carbocycles. The highest BCUT2D eigenvalue weighted by Crippen LogP contribution is 2.25. The molecule has 0 fully saturated rings. The average Bonchev–Trinajstić information content (AvgIpc) is 2.74. The van der Waals surface area contributed by atoms with E-state index in [1.54, 1.807) is 11.7 Å². The highest BCUT2D eigenvalue weighted by molar-refractivity contribution is 7.13. The van der Waals surface area contributed by atoms with Crippen LogP contribution in [-0.2, 0) is 0 Å². The second-order valence-corrected chi connectivity index (χ2v) is 2.98. The number of hydrogen-bond acceptors (Lipinski definition) is 5. The maximum Gasteiger partial charge on any atom is 0.188 e. The lowest BCUT2D eigenvalue weighted by Crippen LogP contribution is -1.76. The van der Waals surface area contributed by atoms with E-state index in [2.05, 4.69) is 10.1 Å². The summed E-state index contributed by atoms with van der Waals surface area (Å²) in [4.78, 5) is 15.2. The molecule has 0 saturated carbocycles. The lowest BCUT2D eigenvalue weighted by Gasteiger charge is -1.86. The molecule has 0 aliphatic heterocycles. The van der Waals surface area contributed by atoms with Crippen LogP contribution in [0.1, 0.15) is 10.4 Å². The Morgan fingerprint density at radius 2 is 2.42 bits per heavy atom. The van der Waals surface area contributed by atoms with Crippen molar-refractivity contribution in [2.75, 3.05) is 0 Å². The Morgan fingerprint density at radius 1 is 1.50 bits per heavy atom. The SMILES string of the molecule is O=Cc1cnoc1-c1cncs1. The minimum atomic E-state index is 0.458. The van der Waals surface area contributed by atoms with E-state index in [1.165, 1.54) is 17.5 Å². The highest BCUT2D eigenvalue weighted by atomic mass is 32.1. The molecule has 0 atom stereocenters. The quantitative estimate of drug-likeness (QED) is 0.659. The van der Waals surface area contributed by atoms with E-state index in [9.17, 15) is 4.79 Å². The van der Waals surface area contributed by atoms with Crippen molar-refractivity contribution in [3.05, 3.63) is 23.5 Å². The molecular weight excluding hydrogens is 176 g/mol. The lowest BCUT2D eigenvalue weighted by atomic mass is 10.3. The molecule has 2 aromatic heterocycles. The van der Waals surface area contributed by atoms with Gasteiger partial charge in [0.2, 0.25) is 0 Å². The molecule has 2 aromatic rings. The summed E-state index contributed by atoms with van der Waals surface area (Å²) in [5.41, 5.74) is 2.13. The van der Waals surface area contributed by atoms with Crippen molar-refractivity contribution in [1.82, 2.24) is 10.1 Å². The Kier molecular flexibility index (Phi) is 1.71. The topological polar surface area (TPSA) is 56.0 Å². The first kappa shape index (κ1) is 7.17. The Hall–Kier alpha value is -1.49. The van der Waals surface area contributed by atoms with Gasteiger partial charge in [-0.05, 0) is 0 Å². The van der Waals surface area contributed by atoms with Crippen LogP contribution in [0.3, 0.4) is 0 Å². The number of nitrogens with zero attached hydrogens (tertiary/aromatic N) is 2. The fourth-order valence-electron chi connectivity index (χ4n) is 0.846. The van der Waals surface area contributed by atoms with Gasteiger partial charge in [0, 0.05) is 6.20 Å². The van der Waals surface area contributed by atoms with Gasteiger partial charge >= 0.3 is 0 Å². The minimum Gasteiger partial charge on any atom is -0.355 e. The molecule has 0 bridgehead atoms. The van der Waals surface area contributed by atoms with Crippen molar-refractivity contribution in [3.8, 4) is 10.6 Å². The van der Waals surface area contributed by atoms with Crippen LogP contribution in [0.2, 0.25) is 0 Å². The van der Waals surface area contributed by atoms with Crippen LogP contribution in [0.25, 0.3) is 10.6 Å². The maximum atomic E-state index is 10.5. The smallest absolute Gasteiger partial charge is 0.188 e. The molecule has 2 heterocycles. The van der Waals surface area contributed by atoms with E-state index in [1.807, 2.05) is 0 Å². The van der Waals surface area contributed by atoms with Crippen LogP contribution in [0.5, 0.6) is 0 Å². The van der Waals surface area contributed by atoms with E-state index in [0.717, 1.165) is 4.88 Å². The van der Waals surface area contributed by atoms with Crippen molar-refractivity contribution in [1.29, 1.82) is 0 Å². The maximum absolute atomic E-state index is 10.5. The summed E-state index contributed by atoms with van der Waals surface area (Å²) < 4.78 is 4.89. The molecule has 0 aliphatic carbocycles. The number of carbonyl (C=O) groups excluding carboxylic acids is 1. The summed E-state index contributed by atoms with van der Waals surface area (Å²) in [5, 5.41) is 3.52. The Morgan fingerprint density at radius 3 is 3.08 bits per heavy atom. The first-order valence-electron chi connectivity index (χ1n) is 3.20. The number of rotatable bonds is 2. The van der Waals surface area contributed by atoms with Crippen LogP contribution in [-0.4, -0.2) is 16.4 Å². The van der Waals surface area contributed by atoms with Gasteiger partial charge in [0.25, 0.3) is 0 Å². The second-order valence-electron chi connectivity index (χ2n) is 2.09. The number of aldehydes is 1. The summed E-state index contributed by atoms with van der Waals surface area (Å²) in [6.07, 6.45) is 3.74.